The largest absolute Gasteiger partial charge is 0.489 e. The summed E-state index contributed by atoms with van der Waals surface area (Å²) in [5.74, 6) is 1.02. The van der Waals surface area contributed by atoms with Gasteiger partial charge in [0.25, 0.3) is 5.56 Å². The van der Waals surface area contributed by atoms with Crippen molar-refractivity contribution in [2.24, 2.45) is 0 Å². The van der Waals surface area contributed by atoms with E-state index in [1.54, 1.807) is 31.6 Å². The van der Waals surface area contributed by atoms with Crippen LogP contribution in [0.25, 0.3) is 5.82 Å². The van der Waals surface area contributed by atoms with Crippen LogP contribution < -0.4 is 15.2 Å². The lowest BCUT2D eigenvalue weighted by atomic mass is 10.2. The van der Waals surface area contributed by atoms with Crippen molar-refractivity contribution in [1.29, 1.82) is 0 Å². The molecule has 0 radical (unpaired) electrons. The highest BCUT2D eigenvalue weighted by atomic mass is 16.5. The number of likely N-dealkylation sites (N-methyl/N-ethyl adjacent to an activating group) is 1. The van der Waals surface area contributed by atoms with Crippen molar-refractivity contribution in [3.63, 3.8) is 0 Å². The standard InChI is InChI=1S/C23H24N4O4/c1-25(23(29)30)19-9-11-26(15-19)18-7-8-21(24-14-18)27-12-10-20(13-22(27)28)31-16-17-5-3-2-4-6-17/h2-8,10,12-14,19H,9,11,15-16H2,1H3,(H,29,30)/t19-/m1/s1. The number of nitrogens with zero attached hydrogens (tertiary/aromatic N) is 4. The van der Waals surface area contributed by atoms with Crippen molar-refractivity contribution in [2.75, 3.05) is 25.0 Å². The SMILES string of the molecule is CN(C(=O)O)[C@@H]1CCN(c2ccc(-n3ccc(OCc4ccccc4)cc3=O)nc2)C1. The van der Waals surface area contributed by atoms with Gasteiger partial charge in [0.15, 0.2) is 0 Å². The van der Waals surface area contributed by atoms with Crippen molar-refractivity contribution in [2.45, 2.75) is 19.1 Å². The molecule has 8 nitrogen and oxygen atoms in total. The van der Waals surface area contributed by atoms with Gasteiger partial charge in [0.2, 0.25) is 0 Å². The van der Waals surface area contributed by atoms with Gasteiger partial charge in [0.1, 0.15) is 18.2 Å². The van der Waals surface area contributed by atoms with Gasteiger partial charge in [-0.1, -0.05) is 30.3 Å². The normalized spacial score (nSPS) is 15.6. The Morgan fingerprint density at radius 2 is 2.03 bits per heavy atom. The first-order valence-corrected chi connectivity index (χ1v) is 10.1. The van der Waals surface area contributed by atoms with Gasteiger partial charge >= 0.3 is 6.09 Å². The summed E-state index contributed by atoms with van der Waals surface area (Å²) in [6.07, 6.45) is 3.22. The molecular formula is C23H24N4O4. The van der Waals surface area contributed by atoms with Crippen LogP contribution in [0.5, 0.6) is 5.75 Å². The minimum absolute atomic E-state index is 0.0387. The van der Waals surface area contributed by atoms with Gasteiger partial charge in [-0.25, -0.2) is 9.78 Å². The van der Waals surface area contributed by atoms with Crippen LogP contribution in [0.4, 0.5) is 10.5 Å². The van der Waals surface area contributed by atoms with Crippen molar-refractivity contribution < 1.29 is 14.6 Å². The molecule has 0 saturated carbocycles. The summed E-state index contributed by atoms with van der Waals surface area (Å²) in [7, 11) is 1.59. The Morgan fingerprint density at radius 1 is 1.23 bits per heavy atom. The van der Waals surface area contributed by atoms with E-state index in [1.807, 2.05) is 36.4 Å². The Balaban J connectivity index is 1.42. The number of benzene rings is 1. The third-order valence-electron chi connectivity index (χ3n) is 5.50. The summed E-state index contributed by atoms with van der Waals surface area (Å²) in [6, 6.07) is 16.6. The predicted molar refractivity (Wildman–Crippen MR) is 117 cm³/mol. The summed E-state index contributed by atoms with van der Waals surface area (Å²) < 4.78 is 7.17. The quantitative estimate of drug-likeness (QED) is 0.660. The Hall–Kier alpha value is -3.81. The van der Waals surface area contributed by atoms with Gasteiger partial charge < -0.3 is 19.6 Å². The molecule has 3 heterocycles. The molecule has 3 aromatic rings. The minimum atomic E-state index is -0.920. The number of hydrogen-bond donors (Lipinski definition) is 1. The van der Waals surface area contributed by atoms with E-state index in [-0.39, 0.29) is 11.6 Å². The van der Waals surface area contributed by atoms with Crippen LogP contribution in [-0.4, -0.2) is 51.8 Å². The number of rotatable bonds is 6. The second-order valence-corrected chi connectivity index (χ2v) is 7.50. The molecule has 1 aromatic carbocycles. The fourth-order valence-electron chi connectivity index (χ4n) is 3.64. The number of anilines is 1. The summed E-state index contributed by atoms with van der Waals surface area (Å²) >= 11 is 0. The number of ether oxygens (including phenoxy) is 1. The van der Waals surface area contributed by atoms with E-state index in [9.17, 15) is 9.59 Å². The molecule has 0 spiro atoms. The molecule has 4 rings (SSSR count). The van der Waals surface area contributed by atoms with Gasteiger partial charge in [0, 0.05) is 32.4 Å². The zero-order valence-corrected chi connectivity index (χ0v) is 17.2. The van der Waals surface area contributed by atoms with Crippen molar-refractivity contribution in [1.82, 2.24) is 14.5 Å². The lowest BCUT2D eigenvalue weighted by Crippen LogP contribution is -2.38. The van der Waals surface area contributed by atoms with E-state index < -0.39 is 6.09 Å². The Labute approximate surface area is 179 Å². The van der Waals surface area contributed by atoms with E-state index >= 15 is 0 Å². The average Bonchev–Trinajstić information content (AvgIpc) is 3.28. The zero-order chi connectivity index (χ0) is 21.8. The van der Waals surface area contributed by atoms with Gasteiger partial charge in [-0.05, 0) is 30.2 Å². The molecule has 1 aliphatic heterocycles. The van der Waals surface area contributed by atoms with Gasteiger partial charge in [0.05, 0.1) is 17.9 Å². The van der Waals surface area contributed by atoms with Crippen molar-refractivity contribution >= 4 is 11.8 Å². The molecule has 1 aliphatic rings. The number of carbonyl (C=O) groups is 1. The van der Waals surface area contributed by atoms with Crippen LogP contribution in [0.2, 0.25) is 0 Å². The van der Waals surface area contributed by atoms with Gasteiger partial charge in [-0.15, -0.1) is 0 Å². The molecule has 1 saturated heterocycles. The summed E-state index contributed by atoms with van der Waals surface area (Å²) in [5.41, 5.74) is 1.71. The molecule has 1 fully saturated rings. The van der Waals surface area contributed by atoms with Crippen LogP contribution in [0, 0.1) is 0 Å². The molecular weight excluding hydrogens is 396 g/mol. The van der Waals surface area contributed by atoms with Gasteiger partial charge in [-0.3, -0.25) is 9.36 Å². The molecule has 160 valence electrons. The molecule has 0 unspecified atom stereocenters. The topological polar surface area (TPSA) is 87.9 Å². The number of pyridine rings is 2. The highest BCUT2D eigenvalue weighted by Gasteiger charge is 2.28. The lowest BCUT2D eigenvalue weighted by Gasteiger charge is -2.23. The summed E-state index contributed by atoms with van der Waals surface area (Å²) in [4.78, 5) is 31.6. The number of aromatic nitrogens is 2. The summed E-state index contributed by atoms with van der Waals surface area (Å²) in [5, 5.41) is 9.15. The van der Waals surface area contributed by atoms with E-state index in [2.05, 4.69) is 9.88 Å². The first-order valence-electron chi connectivity index (χ1n) is 10.1. The van der Waals surface area contributed by atoms with Crippen LogP contribution in [-0.2, 0) is 6.61 Å². The number of amides is 1. The third kappa shape index (κ3) is 4.69. The molecule has 8 heteroatoms. The molecule has 1 amide bonds. The van der Waals surface area contributed by atoms with Gasteiger partial charge in [-0.2, -0.15) is 0 Å². The van der Waals surface area contributed by atoms with Crippen LogP contribution in [0.15, 0.2) is 71.8 Å². The second kappa shape index (κ2) is 8.91. The Morgan fingerprint density at radius 3 is 2.71 bits per heavy atom. The van der Waals surface area contributed by atoms with Crippen molar-refractivity contribution in [3.8, 4) is 11.6 Å². The smallest absolute Gasteiger partial charge is 0.407 e. The Bertz CT molecular complexity index is 1100. The first-order chi connectivity index (χ1) is 15.0. The van der Waals surface area contributed by atoms with Crippen LogP contribution in [0.3, 0.4) is 0 Å². The predicted octanol–water partition coefficient (Wildman–Crippen LogP) is 3.00. The average molecular weight is 420 g/mol. The molecule has 2 aromatic heterocycles. The third-order valence-corrected chi connectivity index (χ3v) is 5.50. The monoisotopic (exact) mass is 420 g/mol. The first kappa shape index (κ1) is 20.5. The summed E-state index contributed by atoms with van der Waals surface area (Å²) in [6.45, 7) is 1.78. The highest BCUT2D eigenvalue weighted by molar-refractivity contribution is 5.65. The van der Waals surface area contributed by atoms with Crippen molar-refractivity contribution in [3.05, 3.63) is 82.9 Å². The fraction of sp³-hybridized carbons (Fsp3) is 0.261. The molecule has 0 aliphatic carbocycles. The number of carboxylic acid groups (broad SMARTS) is 1. The van der Waals surface area contributed by atoms with E-state index in [4.69, 9.17) is 9.84 Å². The van der Waals surface area contributed by atoms with E-state index in [0.717, 1.165) is 24.2 Å². The van der Waals surface area contributed by atoms with E-state index in [1.165, 1.54) is 15.5 Å². The Kier molecular flexibility index (Phi) is 5.88. The maximum absolute atomic E-state index is 12.5. The molecule has 0 bridgehead atoms. The van der Waals surface area contributed by atoms with Crippen LogP contribution >= 0.6 is 0 Å². The zero-order valence-electron chi connectivity index (χ0n) is 17.2. The minimum Gasteiger partial charge on any atom is -0.489 e. The second-order valence-electron chi connectivity index (χ2n) is 7.50. The number of hydrogen-bond acceptors (Lipinski definition) is 5. The van der Waals surface area contributed by atoms with E-state index in [0.29, 0.717) is 24.7 Å². The lowest BCUT2D eigenvalue weighted by molar-refractivity contribution is 0.142. The molecule has 1 N–H and O–H groups in total. The van der Waals surface area contributed by atoms with Crippen LogP contribution in [0.1, 0.15) is 12.0 Å². The maximum Gasteiger partial charge on any atom is 0.407 e. The molecule has 31 heavy (non-hydrogen) atoms. The highest BCUT2D eigenvalue weighted by Crippen LogP contribution is 2.22. The fourth-order valence-corrected chi connectivity index (χ4v) is 3.64. The maximum atomic E-state index is 12.5. The molecule has 1 atom stereocenters.